The number of carbonyl (C=O) groups excluding carboxylic acids is 2. The van der Waals surface area contributed by atoms with E-state index in [2.05, 4.69) is 10.6 Å². The van der Waals surface area contributed by atoms with Crippen LogP contribution in [0.25, 0.3) is 0 Å². The van der Waals surface area contributed by atoms with Crippen LogP contribution >= 0.6 is 0 Å². The second kappa shape index (κ2) is 9.18. The van der Waals surface area contributed by atoms with E-state index in [-0.39, 0.29) is 11.8 Å². The highest BCUT2D eigenvalue weighted by atomic mass is 16.2. The molecule has 0 aromatic heterocycles. The van der Waals surface area contributed by atoms with E-state index in [1.165, 1.54) is 0 Å². The monoisotopic (exact) mass is 352 g/mol. The third-order valence-corrected chi connectivity index (χ3v) is 4.43. The Morgan fingerprint density at radius 2 is 1.54 bits per heavy atom. The summed E-state index contributed by atoms with van der Waals surface area (Å²) in [5.74, 6) is -0.0648. The minimum absolute atomic E-state index is 0.149. The van der Waals surface area contributed by atoms with Gasteiger partial charge in [-0.05, 0) is 48.9 Å². The van der Waals surface area contributed by atoms with Crippen molar-refractivity contribution in [2.45, 2.75) is 46.7 Å². The van der Waals surface area contributed by atoms with Gasteiger partial charge in [-0.15, -0.1) is 0 Å². The molecule has 0 spiro atoms. The molecule has 2 N–H and O–H groups in total. The molecule has 0 fully saturated rings. The van der Waals surface area contributed by atoms with E-state index in [4.69, 9.17) is 0 Å². The maximum atomic E-state index is 12.7. The fraction of sp³-hybridized carbons (Fsp3) is 0.364. The first-order valence-electron chi connectivity index (χ1n) is 9.07. The van der Waals surface area contributed by atoms with E-state index >= 15 is 0 Å². The predicted molar refractivity (Wildman–Crippen MR) is 105 cm³/mol. The molecular formula is C22H28N2O2. The molecule has 0 aliphatic carbocycles. The summed E-state index contributed by atoms with van der Waals surface area (Å²) < 4.78 is 0. The number of hydrogen-bond donors (Lipinski definition) is 2. The lowest BCUT2D eigenvalue weighted by Gasteiger charge is -2.21. The van der Waals surface area contributed by atoms with Crippen LogP contribution in [0.3, 0.4) is 0 Å². The van der Waals surface area contributed by atoms with Crippen molar-refractivity contribution in [3.63, 3.8) is 0 Å². The topological polar surface area (TPSA) is 58.2 Å². The van der Waals surface area contributed by atoms with Gasteiger partial charge >= 0.3 is 0 Å². The van der Waals surface area contributed by atoms with Gasteiger partial charge in [0.05, 0.1) is 0 Å². The summed E-state index contributed by atoms with van der Waals surface area (Å²) in [6.45, 7) is 8.46. The van der Waals surface area contributed by atoms with Gasteiger partial charge in [-0.3, -0.25) is 9.59 Å². The molecule has 4 nitrogen and oxygen atoms in total. The molecule has 0 heterocycles. The molecule has 0 aliphatic rings. The standard InChI is InChI=1S/C22H28N2O2/c1-15(2)13-20(24-21(25)19-12-8-6-10-17(19)4)22(26)23-14-18-11-7-5-9-16(18)3/h5-12,15,20H,13-14H2,1-4H3,(H,23,26)(H,24,25)/t20-/m1/s1. The lowest BCUT2D eigenvalue weighted by molar-refractivity contribution is -0.123. The fourth-order valence-corrected chi connectivity index (χ4v) is 2.88. The van der Waals surface area contributed by atoms with E-state index in [1.54, 1.807) is 6.07 Å². The number of aryl methyl sites for hydroxylation is 2. The summed E-state index contributed by atoms with van der Waals surface area (Å²) >= 11 is 0. The Balaban J connectivity index is 2.06. The lowest BCUT2D eigenvalue weighted by atomic mass is 10.0. The van der Waals surface area contributed by atoms with Gasteiger partial charge in [-0.1, -0.05) is 56.3 Å². The number of hydrogen-bond acceptors (Lipinski definition) is 2. The summed E-state index contributed by atoms with van der Waals surface area (Å²) in [5, 5.41) is 5.87. The van der Waals surface area contributed by atoms with Crippen LogP contribution in [0.2, 0.25) is 0 Å². The SMILES string of the molecule is Cc1ccccc1CNC(=O)[C@@H](CC(C)C)NC(=O)c1ccccc1C. The van der Waals surface area contributed by atoms with E-state index in [0.717, 1.165) is 16.7 Å². The van der Waals surface area contributed by atoms with Crippen molar-refractivity contribution in [2.24, 2.45) is 5.92 Å². The third kappa shape index (κ3) is 5.45. The Kier molecular flexibility index (Phi) is 6.96. The summed E-state index contributed by atoms with van der Waals surface area (Å²) in [6, 6.07) is 14.8. The van der Waals surface area contributed by atoms with Crippen LogP contribution in [0, 0.1) is 19.8 Å². The van der Waals surface area contributed by atoms with Crippen molar-refractivity contribution in [2.75, 3.05) is 0 Å². The van der Waals surface area contributed by atoms with Crippen molar-refractivity contribution in [1.82, 2.24) is 10.6 Å². The van der Waals surface area contributed by atoms with Crippen LogP contribution < -0.4 is 10.6 Å². The highest BCUT2D eigenvalue weighted by molar-refractivity contribution is 5.98. The van der Waals surface area contributed by atoms with Gasteiger partial charge in [0.25, 0.3) is 5.91 Å². The minimum atomic E-state index is -0.550. The smallest absolute Gasteiger partial charge is 0.252 e. The molecule has 2 amide bonds. The molecule has 0 bridgehead atoms. The molecule has 2 aromatic rings. The van der Waals surface area contributed by atoms with Gasteiger partial charge in [-0.25, -0.2) is 0 Å². The summed E-state index contributed by atoms with van der Waals surface area (Å²) in [7, 11) is 0. The molecule has 2 aromatic carbocycles. The van der Waals surface area contributed by atoms with E-state index < -0.39 is 6.04 Å². The van der Waals surface area contributed by atoms with E-state index in [1.807, 2.05) is 70.2 Å². The van der Waals surface area contributed by atoms with Crippen LogP contribution in [0.4, 0.5) is 0 Å². The average Bonchev–Trinajstić information content (AvgIpc) is 2.60. The molecular weight excluding hydrogens is 324 g/mol. The number of nitrogens with one attached hydrogen (secondary N) is 2. The Hall–Kier alpha value is -2.62. The Morgan fingerprint density at radius 3 is 2.15 bits per heavy atom. The predicted octanol–water partition coefficient (Wildman–Crippen LogP) is 3.76. The summed E-state index contributed by atoms with van der Waals surface area (Å²) in [5.41, 5.74) is 3.72. The van der Waals surface area contributed by atoms with Crippen molar-refractivity contribution in [1.29, 1.82) is 0 Å². The summed E-state index contributed by atoms with van der Waals surface area (Å²) in [4.78, 5) is 25.3. The third-order valence-electron chi connectivity index (χ3n) is 4.43. The zero-order valence-corrected chi connectivity index (χ0v) is 16.0. The normalized spacial score (nSPS) is 11.9. The van der Waals surface area contributed by atoms with Crippen LogP contribution in [0.15, 0.2) is 48.5 Å². The first-order chi connectivity index (χ1) is 12.4. The molecule has 0 saturated heterocycles. The zero-order chi connectivity index (χ0) is 19.1. The van der Waals surface area contributed by atoms with Crippen LogP contribution in [-0.4, -0.2) is 17.9 Å². The van der Waals surface area contributed by atoms with Crippen molar-refractivity contribution in [3.05, 3.63) is 70.8 Å². The maximum Gasteiger partial charge on any atom is 0.252 e. The van der Waals surface area contributed by atoms with E-state index in [0.29, 0.717) is 24.4 Å². The van der Waals surface area contributed by atoms with Crippen molar-refractivity contribution in [3.8, 4) is 0 Å². The number of benzene rings is 2. The molecule has 138 valence electrons. The first kappa shape index (κ1) is 19.7. The molecule has 2 rings (SSSR count). The Labute approximate surface area is 156 Å². The largest absolute Gasteiger partial charge is 0.350 e. The molecule has 0 unspecified atom stereocenters. The lowest BCUT2D eigenvalue weighted by Crippen LogP contribution is -2.47. The molecule has 26 heavy (non-hydrogen) atoms. The zero-order valence-electron chi connectivity index (χ0n) is 16.0. The number of amides is 2. The minimum Gasteiger partial charge on any atom is -0.350 e. The van der Waals surface area contributed by atoms with E-state index in [9.17, 15) is 9.59 Å². The van der Waals surface area contributed by atoms with Gasteiger partial charge in [0, 0.05) is 12.1 Å². The van der Waals surface area contributed by atoms with Crippen LogP contribution in [-0.2, 0) is 11.3 Å². The van der Waals surface area contributed by atoms with Gasteiger partial charge < -0.3 is 10.6 Å². The Bertz CT molecular complexity index is 768. The van der Waals surface area contributed by atoms with Crippen LogP contribution in [0.1, 0.15) is 47.3 Å². The highest BCUT2D eigenvalue weighted by Crippen LogP contribution is 2.11. The second-order valence-electron chi connectivity index (χ2n) is 7.11. The average molecular weight is 352 g/mol. The van der Waals surface area contributed by atoms with Gasteiger partial charge in [-0.2, -0.15) is 0 Å². The first-order valence-corrected chi connectivity index (χ1v) is 9.07. The van der Waals surface area contributed by atoms with Gasteiger partial charge in [0.1, 0.15) is 6.04 Å². The molecule has 0 saturated carbocycles. The molecule has 1 atom stereocenters. The molecule has 0 radical (unpaired) electrons. The number of carbonyl (C=O) groups is 2. The Morgan fingerprint density at radius 1 is 0.923 bits per heavy atom. The fourth-order valence-electron chi connectivity index (χ4n) is 2.88. The van der Waals surface area contributed by atoms with Crippen LogP contribution in [0.5, 0.6) is 0 Å². The molecule has 4 heteroatoms. The quantitative estimate of drug-likeness (QED) is 0.797. The van der Waals surface area contributed by atoms with Gasteiger partial charge in [0.15, 0.2) is 0 Å². The second-order valence-corrected chi connectivity index (χ2v) is 7.11. The van der Waals surface area contributed by atoms with Crippen molar-refractivity contribution < 1.29 is 9.59 Å². The highest BCUT2D eigenvalue weighted by Gasteiger charge is 2.23. The van der Waals surface area contributed by atoms with Gasteiger partial charge in [0.2, 0.25) is 5.91 Å². The summed E-state index contributed by atoms with van der Waals surface area (Å²) in [6.07, 6.45) is 0.594. The maximum absolute atomic E-state index is 12.7. The number of rotatable bonds is 7. The molecule has 0 aliphatic heterocycles. The van der Waals surface area contributed by atoms with Crippen molar-refractivity contribution >= 4 is 11.8 Å².